The van der Waals surface area contributed by atoms with Gasteiger partial charge in [-0.1, -0.05) is 13.0 Å². The highest BCUT2D eigenvalue weighted by Gasteiger charge is 2.28. The van der Waals surface area contributed by atoms with Crippen molar-refractivity contribution in [1.82, 2.24) is 19.9 Å². The van der Waals surface area contributed by atoms with Crippen LogP contribution in [-0.4, -0.2) is 77.4 Å². The third-order valence-corrected chi connectivity index (χ3v) is 9.04. The van der Waals surface area contributed by atoms with Gasteiger partial charge in [-0.2, -0.15) is 9.97 Å². The Bertz CT molecular complexity index is 1720. The molecule has 0 bridgehead atoms. The average Bonchev–Trinajstić information content (AvgIpc) is 3.27. The first-order chi connectivity index (χ1) is 21.3. The molecule has 1 N–H and O–H groups in total. The number of ether oxygens (including phenoxy) is 2. The first kappa shape index (κ1) is 29.9. The van der Waals surface area contributed by atoms with Gasteiger partial charge in [0.1, 0.15) is 35.2 Å². The molecule has 232 valence electrons. The van der Waals surface area contributed by atoms with Crippen LogP contribution in [0.15, 0.2) is 30.5 Å². The van der Waals surface area contributed by atoms with Gasteiger partial charge in [0, 0.05) is 30.9 Å². The molecule has 2 fully saturated rings. The number of carbonyl (C=O) groups excluding carboxylic acids is 1. The number of aromatic nitrogens is 3. The van der Waals surface area contributed by atoms with Gasteiger partial charge in [0.2, 0.25) is 0 Å². The Labute approximate surface area is 254 Å². The summed E-state index contributed by atoms with van der Waals surface area (Å²) >= 11 is 0. The highest BCUT2D eigenvalue weighted by atomic mass is 19.1. The Morgan fingerprint density at radius 3 is 2.66 bits per heavy atom. The molecule has 0 radical (unpaired) electrons. The van der Waals surface area contributed by atoms with E-state index in [9.17, 15) is 14.3 Å². The summed E-state index contributed by atoms with van der Waals surface area (Å²) in [4.78, 5) is 30.3. The summed E-state index contributed by atoms with van der Waals surface area (Å²) < 4.78 is 42.7. The Balaban J connectivity index is 1.48. The number of nitrogens with zero attached hydrogens (tertiary/aromatic N) is 5. The molecule has 2 saturated heterocycles. The summed E-state index contributed by atoms with van der Waals surface area (Å²) in [5, 5.41) is 12.0. The number of pyridine rings is 1. The van der Waals surface area contributed by atoms with Crippen molar-refractivity contribution in [1.29, 1.82) is 0 Å². The number of hydrogen-bond acceptors (Lipinski definition) is 9. The molecular weight excluding hydrogens is 568 g/mol. The van der Waals surface area contributed by atoms with Crippen LogP contribution in [0.4, 0.5) is 14.6 Å². The van der Waals surface area contributed by atoms with Crippen molar-refractivity contribution in [2.45, 2.75) is 51.5 Å². The van der Waals surface area contributed by atoms with Gasteiger partial charge in [-0.15, -0.1) is 0 Å². The summed E-state index contributed by atoms with van der Waals surface area (Å²) in [5.41, 5.74) is 0.666. The van der Waals surface area contributed by atoms with Crippen molar-refractivity contribution in [3.63, 3.8) is 0 Å². The topological polar surface area (TPSA) is 101 Å². The van der Waals surface area contributed by atoms with Gasteiger partial charge in [-0.05, 0) is 86.7 Å². The lowest BCUT2D eigenvalue weighted by Gasteiger charge is -2.24. The van der Waals surface area contributed by atoms with Crippen molar-refractivity contribution < 1.29 is 28.2 Å². The monoisotopic (exact) mass is 605 g/mol. The van der Waals surface area contributed by atoms with E-state index in [0.29, 0.717) is 66.5 Å². The first-order valence-electron chi connectivity index (χ1n) is 15.3. The Hall–Kier alpha value is -4.12. The highest BCUT2D eigenvalue weighted by molar-refractivity contribution is 6.01. The van der Waals surface area contributed by atoms with Crippen molar-refractivity contribution in [2.75, 3.05) is 45.3 Å². The molecule has 2 aliphatic heterocycles. The van der Waals surface area contributed by atoms with Gasteiger partial charge in [0.15, 0.2) is 5.82 Å². The molecule has 0 amide bonds. The number of aryl methyl sites for hydroxylation is 1. The molecule has 2 aromatic heterocycles. The normalized spacial score (nSPS) is 19.4. The fraction of sp³-hybridized carbons (Fsp3) is 0.455. The predicted octanol–water partition coefficient (Wildman–Crippen LogP) is 5.64. The number of phenolic OH excluding ortho intramolecular Hbond substituents is 1. The van der Waals surface area contributed by atoms with Crippen molar-refractivity contribution in [2.24, 2.45) is 5.92 Å². The van der Waals surface area contributed by atoms with Gasteiger partial charge in [-0.3, -0.25) is 9.78 Å². The van der Waals surface area contributed by atoms with E-state index in [0.717, 1.165) is 25.8 Å². The predicted molar refractivity (Wildman–Crippen MR) is 164 cm³/mol. The van der Waals surface area contributed by atoms with E-state index in [1.165, 1.54) is 31.5 Å². The number of carbonyl (C=O) groups is 1. The molecule has 0 aliphatic carbocycles. The van der Waals surface area contributed by atoms with Gasteiger partial charge >= 0.3 is 12.0 Å². The SMILES string of the molecule is CCc1c(F)ccc2cc(O)cc(-c3ncc4c(N5CCCC(C(=O)OC)CC5)nc(OC[C@@H]5CCCN5C)nc4c3F)c12. The molecule has 2 atom stereocenters. The highest BCUT2D eigenvalue weighted by Crippen LogP contribution is 2.39. The lowest BCUT2D eigenvalue weighted by atomic mass is 9.94. The lowest BCUT2D eigenvalue weighted by Crippen LogP contribution is -2.31. The second kappa shape index (κ2) is 12.5. The largest absolute Gasteiger partial charge is 0.508 e. The van der Waals surface area contributed by atoms with Crippen molar-refractivity contribution >= 4 is 33.5 Å². The quantitative estimate of drug-likeness (QED) is 0.268. The average molecular weight is 606 g/mol. The minimum Gasteiger partial charge on any atom is -0.508 e. The van der Waals surface area contributed by atoms with Crippen LogP contribution in [0.25, 0.3) is 32.9 Å². The maximum atomic E-state index is 16.7. The molecule has 1 unspecified atom stereocenters. The number of benzene rings is 2. The zero-order chi connectivity index (χ0) is 31.0. The number of anilines is 1. The number of rotatable bonds is 7. The molecule has 2 aliphatic rings. The van der Waals surface area contributed by atoms with E-state index < -0.39 is 11.6 Å². The van der Waals surface area contributed by atoms with Crippen LogP contribution >= 0.6 is 0 Å². The number of halogens is 2. The number of aromatic hydroxyl groups is 1. The van der Waals surface area contributed by atoms with E-state index in [1.54, 1.807) is 6.07 Å². The van der Waals surface area contributed by atoms with E-state index in [-0.39, 0.29) is 46.5 Å². The maximum absolute atomic E-state index is 16.7. The van der Waals surface area contributed by atoms with Crippen LogP contribution < -0.4 is 9.64 Å². The van der Waals surface area contributed by atoms with Crippen LogP contribution in [0.3, 0.4) is 0 Å². The summed E-state index contributed by atoms with van der Waals surface area (Å²) in [6, 6.07) is 6.12. The molecule has 2 aromatic carbocycles. The molecular formula is C33H37F2N5O4. The van der Waals surface area contributed by atoms with Crippen molar-refractivity contribution in [3.05, 3.63) is 47.7 Å². The number of fused-ring (bicyclic) bond motifs is 2. The summed E-state index contributed by atoms with van der Waals surface area (Å²) in [7, 11) is 3.45. The summed E-state index contributed by atoms with van der Waals surface area (Å²) in [6.07, 6.45) is 5.94. The molecule has 44 heavy (non-hydrogen) atoms. The van der Waals surface area contributed by atoms with Crippen molar-refractivity contribution in [3.8, 4) is 23.0 Å². The third kappa shape index (κ3) is 5.60. The van der Waals surface area contributed by atoms with Gasteiger partial charge in [0.25, 0.3) is 0 Å². The van der Waals surface area contributed by atoms with E-state index >= 15 is 4.39 Å². The number of phenols is 1. The van der Waals surface area contributed by atoms with Gasteiger partial charge < -0.3 is 24.4 Å². The second-order valence-electron chi connectivity index (χ2n) is 11.7. The maximum Gasteiger partial charge on any atom is 0.319 e. The smallest absolute Gasteiger partial charge is 0.319 e. The van der Waals surface area contributed by atoms with E-state index in [1.807, 2.05) is 18.9 Å². The fourth-order valence-corrected chi connectivity index (χ4v) is 6.62. The molecule has 0 spiro atoms. The van der Waals surface area contributed by atoms with Crippen LogP contribution in [-0.2, 0) is 16.0 Å². The zero-order valence-corrected chi connectivity index (χ0v) is 25.3. The Kier molecular flexibility index (Phi) is 8.48. The molecule has 4 heterocycles. The summed E-state index contributed by atoms with van der Waals surface area (Å²) in [6.45, 7) is 4.28. The standard InChI is InChI=1S/C33H37F2N5O4/c1-4-23-26(34)10-9-20-15-22(41)16-24(27(20)23)29-28(35)30-25(17-36-29)31(40-13-5-7-19(11-14-40)32(42)43-3)38-33(37-30)44-18-21-8-6-12-39(21)2/h9-10,15-17,19,21,41H,4-8,11-14,18H2,1-3H3/t19?,21-/m0/s1. The van der Waals surface area contributed by atoms with Crippen LogP contribution in [0, 0.1) is 17.6 Å². The Morgan fingerprint density at radius 2 is 1.91 bits per heavy atom. The zero-order valence-electron chi connectivity index (χ0n) is 25.3. The molecule has 4 aromatic rings. The fourth-order valence-electron chi connectivity index (χ4n) is 6.62. The number of esters is 1. The summed E-state index contributed by atoms with van der Waals surface area (Å²) in [5.74, 6) is -1.18. The molecule has 6 rings (SSSR count). The van der Waals surface area contributed by atoms with E-state index in [2.05, 4.69) is 14.9 Å². The third-order valence-electron chi connectivity index (χ3n) is 9.04. The van der Waals surface area contributed by atoms with Crippen LogP contribution in [0.2, 0.25) is 0 Å². The number of methoxy groups -OCH3 is 1. The van der Waals surface area contributed by atoms with Gasteiger partial charge in [0.05, 0.1) is 18.4 Å². The van der Waals surface area contributed by atoms with Gasteiger partial charge in [-0.25, -0.2) is 8.78 Å². The minimum absolute atomic E-state index is 0.0227. The minimum atomic E-state index is -0.713. The Morgan fingerprint density at radius 1 is 1.09 bits per heavy atom. The van der Waals surface area contributed by atoms with Crippen LogP contribution in [0.5, 0.6) is 11.8 Å². The molecule has 0 saturated carbocycles. The molecule has 11 heteroatoms. The second-order valence-corrected chi connectivity index (χ2v) is 11.7. The van der Waals surface area contributed by atoms with E-state index in [4.69, 9.17) is 14.5 Å². The lowest BCUT2D eigenvalue weighted by molar-refractivity contribution is -0.145. The molecule has 9 nitrogen and oxygen atoms in total. The number of likely N-dealkylation sites (tertiary alicyclic amines) is 1. The number of likely N-dealkylation sites (N-methyl/N-ethyl adjacent to an activating group) is 1. The van der Waals surface area contributed by atoms with Crippen LogP contribution in [0.1, 0.15) is 44.6 Å². The number of hydrogen-bond donors (Lipinski definition) is 1. The first-order valence-corrected chi connectivity index (χ1v) is 15.3.